The molecule has 16 heavy (non-hydrogen) atoms. The van der Waals surface area contributed by atoms with Crippen LogP contribution in [0.3, 0.4) is 0 Å². The highest BCUT2D eigenvalue weighted by Gasteiger charge is 2.13. The molecule has 0 spiro atoms. The van der Waals surface area contributed by atoms with Crippen molar-refractivity contribution in [1.29, 1.82) is 0 Å². The van der Waals surface area contributed by atoms with E-state index in [1.54, 1.807) is 35.9 Å². The Morgan fingerprint density at radius 2 is 1.94 bits per heavy atom. The van der Waals surface area contributed by atoms with E-state index in [1.165, 1.54) is 6.92 Å². The van der Waals surface area contributed by atoms with Gasteiger partial charge in [0, 0.05) is 6.92 Å². The van der Waals surface area contributed by atoms with Crippen molar-refractivity contribution in [1.82, 2.24) is 15.0 Å². The number of phenolic OH excluding ortho intramolecular Hbond substituents is 1. The van der Waals surface area contributed by atoms with Gasteiger partial charge in [0.1, 0.15) is 5.75 Å². The SMILES string of the molecule is CC(=O)c1nnn(-c2ccc(O)cc2)c1C. The van der Waals surface area contributed by atoms with E-state index in [-0.39, 0.29) is 11.5 Å². The maximum absolute atomic E-state index is 11.2. The van der Waals surface area contributed by atoms with Crippen molar-refractivity contribution >= 4 is 5.78 Å². The van der Waals surface area contributed by atoms with E-state index in [1.807, 2.05) is 0 Å². The molecule has 2 aromatic rings. The van der Waals surface area contributed by atoms with Crippen LogP contribution < -0.4 is 0 Å². The zero-order chi connectivity index (χ0) is 11.7. The average molecular weight is 217 g/mol. The zero-order valence-corrected chi connectivity index (χ0v) is 9.01. The second-order valence-electron chi connectivity index (χ2n) is 3.51. The van der Waals surface area contributed by atoms with E-state index in [2.05, 4.69) is 10.3 Å². The summed E-state index contributed by atoms with van der Waals surface area (Å²) in [5.41, 5.74) is 1.82. The molecule has 0 atom stereocenters. The second-order valence-corrected chi connectivity index (χ2v) is 3.51. The van der Waals surface area contributed by atoms with Gasteiger partial charge in [0.05, 0.1) is 11.4 Å². The van der Waals surface area contributed by atoms with Gasteiger partial charge in [-0.1, -0.05) is 5.21 Å². The lowest BCUT2D eigenvalue weighted by Gasteiger charge is -2.02. The number of benzene rings is 1. The summed E-state index contributed by atoms with van der Waals surface area (Å²) >= 11 is 0. The quantitative estimate of drug-likeness (QED) is 0.774. The van der Waals surface area contributed by atoms with Gasteiger partial charge in [0.25, 0.3) is 0 Å². The summed E-state index contributed by atoms with van der Waals surface area (Å²) in [6, 6.07) is 6.54. The third-order valence-electron chi connectivity index (χ3n) is 2.32. The molecule has 0 unspecified atom stereocenters. The number of nitrogens with zero attached hydrogens (tertiary/aromatic N) is 3. The van der Waals surface area contributed by atoms with E-state index in [4.69, 9.17) is 5.11 Å². The Hall–Kier alpha value is -2.17. The van der Waals surface area contributed by atoms with Gasteiger partial charge in [-0.05, 0) is 31.2 Å². The van der Waals surface area contributed by atoms with Crippen molar-refractivity contribution in [3.63, 3.8) is 0 Å². The molecule has 1 heterocycles. The molecule has 82 valence electrons. The maximum Gasteiger partial charge on any atom is 0.181 e. The Kier molecular flexibility index (Phi) is 2.44. The first-order chi connectivity index (χ1) is 7.59. The smallest absolute Gasteiger partial charge is 0.181 e. The highest BCUT2D eigenvalue weighted by atomic mass is 16.3. The van der Waals surface area contributed by atoms with Gasteiger partial charge in [-0.25, -0.2) is 4.68 Å². The van der Waals surface area contributed by atoms with Crippen LogP contribution in [0.2, 0.25) is 0 Å². The van der Waals surface area contributed by atoms with Crippen LogP contribution in [-0.2, 0) is 0 Å². The molecule has 5 heteroatoms. The highest BCUT2D eigenvalue weighted by molar-refractivity contribution is 5.93. The van der Waals surface area contributed by atoms with Crippen LogP contribution in [0, 0.1) is 6.92 Å². The van der Waals surface area contributed by atoms with Gasteiger partial charge >= 0.3 is 0 Å². The number of carbonyl (C=O) groups is 1. The maximum atomic E-state index is 11.2. The normalized spacial score (nSPS) is 10.4. The molecule has 0 aliphatic rings. The molecule has 0 fully saturated rings. The predicted octanol–water partition coefficient (Wildman–Crippen LogP) is 1.48. The van der Waals surface area contributed by atoms with Gasteiger partial charge in [-0.2, -0.15) is 0 Å². The van der Waals surface area contributed by atoms with Gasteiger partial charge < -0.3 is 5.11 Å². The van der Waals surface area contributed by atoms with Crippen LogP contribution in [0.25, 0.3) is 5.69 Å². The van der Waals surface area contributed by atoms with Crippen LogP contribution in [0.1, 0.15) is 23.1 Å². The van der Waals surface area contributed by atoms with E-state index in [0.29, 0.717) is 11.4 Å². The molecule has 0 saturated carbocycles. The topological polar surface area (TPSA) is 68.0 Å². The van der Waals surface area contributed by atoms with Crippen molar-refractivity contribution < 1.29 is 9.90 Å². The Bertz CT molecular complexity index is 529. The first-order valence-electron chi connectivity index (χ1n) is 4.82. The fourth-order valence-electron chi connectivity index (χ4n) is 1.49. The summed E-state index contributed by atoms with van der Waals surface area (Å²) < 4.78 is 1.57. The minimum absolute atomic E-state index is 0.109. The minimum Gasteiger partial charge on any atom is -0.508 e. The van der Waals surface area contributed by atoms with Crippen LogP contribution in [0.15, 0.2) is 24.3 Å². The minimum atomic E-state index is -0.109. The van der Waals surface area contributed by atoms with E-state index >= 15 is 0 Å². The van der Waals surface area contributed by atoms with Gasteiger partial charge in [0.2, 0.25) is 0 Å². The molecule has 0 radical (unpaired) electrons. The molecular weight excluding hydrogens is 206 g/mol. The summed E-state index contributed by atoms with van der Waals surface area (Å²) in [6.45, 7) is 3.24. The number of phenols is 1. The molecule has 0 aliphatic carbocycles. The van der Waals surface area contributed by atoms with Crippen molar-refractivity contribution in [2.75, 3.05) is 0 Å². The Labute approximate surface area is 92.3 Å². The van der Waals surface area contributed by atoms with Crippen LogP contribution in [0.5, 0.6) is 5.75 Å². The molecule has 0 aliphatic heterocycles. The Morgan fingerprint density at radius 3 is 2.44 bits per heavy atom. The molecule has 5 nitrogen and oxygen atoms in total. The molecule has 1 aromatic carbocycles. The number of hydrogen-bond donors (Lipinski definition) is 1. The lowest BCUT2D eigenvalue weighted by molar-refractivity contribution is 0.101. The third-order valence-corrected chi connectivity index (χ3v) is 2.32. The Balaban J connectivity index is 2.49. The zero-order valence-electron chi connectivity index (χ0n) is 9.01. The summed E-state index contributed by atoms with van der Waals surface area (Å²) in [4.78, 5) is 11.2. The van der Waals surface area contributed by atoms with E-state index in [0.717, 1.165) is 5.69 Å². The lowest BCUT2D eigenvalue weighted by Crippen LogP contribution is -2.00. The van der Waals surface area contributed by atoms with Gasteiger partial charge in [-0.15, -0.1) is 5.10 Å². The number of ketones is 1. The van der Waals surface area contributed by atoms with Crippen molar-refractivity contribution in [3.05, 3.63) is 35.7 Å². The summed E-state index contributed by atoms with van der Waals surface area (Å²) in [5.74, 6) is 0.0795. The monoisotopic (exact) mass is 217 g/mol. The summed E-state index contributed by atoms with van der Waals surface area (Å²) in [5, 5.41) is 16.9. The van der Waals surface area contributed by atoms with E-state index < -0.39 is 0 Å². The largest absolute Gasteiger partial charge is 0.508 e. The fourth-order valence-corrected chi connectivity index (χ4v) is 1.49. The average Bonchev–Trinajstić information content (AvgIpc) is 2.61. The van der Waals surface area contributed by atoms with Crippen LogP contribution in [0.4, 0.5) is 0 Å². The number of carbonyl (C=O) groups excluding carboxylic acids is 1. The van der Waals surface area contributed by atoms with Gasteiger partial charge in [-0.3, -0.25) is 4.79 Å². The molecular formula is C11H11N3O2. The van der Waals surface area contributed by atoms with Crippen LogP contribution in [-0.4, -0.2) is 25.9 Å². The fraction of sp³-hybridized carbons (Fsp3) is 0.182. The summed E-state index contributed by atoms with van der Waals surface area (Å²) in [6.07, 6.45) is 0. The first-order valence-corrected chi connectivity index (χ1v) is 4.82. The molecule has 2 rings (SSSR count). The number of rotatable bonds is 2. The first kappa shape index (κ1) is 10.4. The lowest BCUT2D eigenvalue weighted by atomic mass is 10.2. The van der Waals surface area contributed by atoms with Crippen LogP contribution >= 0.6 is 0 Å². The van der Waals surface area contributed by atoms with Crippen molar-refractivity contribution in [2.24, 2.45) is 0 Å². The second kappa shape index (κ2) is 3.77. The molecule has 1 N–H and O–H groups in total. The number of aromatic hydroxyl groups is 1. The van der Waals surface area contributed by atoms with Gasteiger partial charge in [0.15, 0.2) is 11.5 Å². The molecule has 1 aromatic heterocycles. The number of aromatic nitrogens is 3. The number of Topliss-reactive ketones (excluding diaryl/α,β-unsaturated/α-hetero) is 1. The summed E-state index contributed by atoms with van der Waals surface area (Å²) in [7, 11) is 0. The standard InChI is InChI=1S/C11H11N3O2/c1-7-11(8(2)15)12-13-14(7)9-3-5-10(16)6-4-9/h3-6,16H,1-2H3. The third kappa shape index (κ3) is 1.67. The van der Waals surface area contributed by atoms with Crippen molar-refractivity contribution in [2.45, 2.75) is 13.8 Å². The number of hydrogen-bond acceptors (Lipinski definition) is 4. The predicted molar refractivity (Wildman–Crippen MR) is 57.8 cm³/mol. The molecule has 0 bridgehead atoms. The highest BCUT2D eigenvalue weighted by Crippen LogP contribution is 2.15. The molecule has 0 saturated heterocycles. The van der Waals surface area contributed by atoms with E-state index in [9.17, 15) is 4.79 Å². The van der Waals surface area contributed by atoms with Crippen molar-refractivity contribution in [3.8, 4) is 11.4 Å². The Morgan fingerprint density at radius 1 is 1.31 bits per heavy atom. The molecule has 0 amide bonds.